The maximum atomic E-state index is 13.1. The van der Waals surface area contributed by atoms with Gasteiger partial charge in [0.15, 0.2) is 15.6 Å². The minimum atomic E-state index is -3.04. The summed E-state index contributed by atoms with van der Waals surface area (Å²) in [7, 11) is -3.04. The van der Waals surface area contributed by atoms with Gasteiger partial charge in [-0.05, 0) is 38.0 Å². The number of hydrogen-bond acceptors (Lipinski definition) is 6. The van der Waals surface area contributed by atoms with Crippen molar-refractivity contribution in [2.45, 2.75) is 32.9 Å². The topological polar surface area (TPSA) is 91.0 Å². The molecule has 0 N–H and O–H groups in total. The van der Waals surface area contributed by atoms with Gasteiger partial charge in [-0.3, -0.25) is 14.2 Å². The van der Waals surface area contributed by atoms with Crippen molar-refractivity contribution in [3.63, 3.8) is 0 Å². The molecule has 0 amide bonds. The Morgan fingerprint density at radius 3 is 2.64 bits per heavy atom. The van der Waals surface area contributed by atoms with Crippen LogP contribution in [0.25, 0.3) is 20.7 Å². The van der Waals surface area contributed by atoms with E-state index in [1.807, 2.05) is 54.8 Å². The van der Waals surface area contributed by atoms with Crippen LogP contribution in [0.2, 0.25) is 0 Å². The molecule has 0 bridgehead atoms. The average Bonchev–Trinajstić information content (AvgIpc) is 3.46. The summed E-state index contributed by atoms with van der Waals surface area (Å²) in [6.45, 7) is 3.59. The summed E-state index contributed by atoms with van der Waals surface area (Å²) in [5.74, 6) is 0.0702. The standard InChI is InChI=1S/C24H23N3O4S2/c1-15-10-19(16(2)27(15)18-8-9-33(30,31)13-18)21(28)12-26-14-25-23-20(24(26)29)11-22(32-23)17-6-4-3-5-7-17/h3-7,10-11,14,18H,8-9,12-13H2,1-2H3/t18-/m1/s1. The largest absolute Gasteiger partial charge is 0.344 e. The van der Waals surface area contributed by atoms with Gasteiger partial charge in [0.2, 0.25) is 0 Å². The van der Waals surface area contributed by atoms with Crippen molar-refractivity contribution in [1.29, 1.82) is 0 Å². The first-order chi connectivity index (χ1) is 15.7. The average molecular weight is 482 g/mol. The van der Waals surface area contributed by atoms with Gasteiger partial charge in [0.1, 0.15) is 4.83 Å². The number of benzene rings is 1. The summed E-state index contributed by atoms with van der Waals surface area (Å²) in [5, 5.41) is 0.496. The number of Topliss-reactive ketones (excluding diaryl/α,β-unsaturated/α-hetero) is 1. The Hall–Kier alpha value is -3.04. The van der Waals surface area contributed by atoms with E-state index in [0.29, 0.717) is 22.2 Å². The fourth-order valence-corrected chi connectivity index (χ4v) is 7.35. The number of rotatable bonds is 5. The van der Waals surface area contributed by atoms with Crippen molar-refractivity contribution in [3.05, 3.63) is 76.1 Å². The summed E-state index contributed by atoms with van der Waals surface area (Å²) < 4.78 is 27.2. The lowest BCUT2D eigenvalue weighted by Crippen LogP contribution is -2.24. The van der Waals surface area contributed by atoms with E-state index < -0.39 is 9.84 Å². The lowest BCUT2D eigenvalue weighted by atomic mass is 10.1. The van der Waals surface area contributed by atoms with Crippen LogP contribution < -0.4 is 5.56 Å². The van der Waals surface area contributed by atoms with Gasteiger partial charge in [-0.25, -0.2) is 13.4 Å². The van der Waals surface area contributed by atoms with Gasteiger partial charge in [-0.1, -0.05) is 30.3 Å². The maximum absolute atomic E-state index is 13.1. The van der Waals surface area contributed by atoms with Crippen LogP contribution in [-0.4, -0.2) is 39.8 Å². The summed E-state index contributed by atoms with van der Waals surface area (Å²) in [6, 6.07) is 13.3. The number of ketones is 1. The van der Waals surface area contributed by atoms with E-state index in [1.165, 1.54) is 22.2 Å². The van der Waals surface area contributed by atoms with E-state index >= 15 is 0 Å². The number of aryl methyl sites for hydroxylation is 1. The molecule has 4 aromatic rings. The molecule has 1 fully saturated rings. The van der Waals surface area contributed by atoms with Gasteiger partial charge in [0, 0.05) is 27.9 Å². The Bertz CT molecular complexity index is 1550. The summed E-state index contributed by atoms with van der Waals surface area (Å²) >= 11 is 1.45. The van der Waals surface area contributed by atoms with Crippen LogP contribution in [0, 0.1) is 13.8 Å². The SMILES string of the molecule is Cc1cc(C(=O)Cn2cnc3sc(-c4ccccc4)cc3c2=O)c(C)n1[C@@H]1CCS(=O)(=O)C1. The fraction of sp³-hybridized carbons (Fsp3) is 0.292. The second-order valence-corrected chi connectivity index (χ2v) is 11.8. The Labute approximate surface area is 195 Å². The third-order valence-electron chi connectivity index (χ3n) is 6.25. The summed E-state index contributed by atoms with van der Waals surface area (Å²) in [6.07, 6.45) is 1.98. The zero-order valence-electron chi connectivity index (χ0n) is 18.3. The van der Waals surface area contributed by atoms with Gasteiger partial charge in [-0.2, -0.15) is 0 Å². The molecule has 4 heterocycles. The van der Waals surface area contributed by atoms with Crippen LogP contribution in [0.3, 0.4) is 0 Å². The highest BCUT2D eigenvalue weighted by molar-refractivity contribution is 7.91. The number of thiophene rings is 1. The molecule has 1 aliphatic heterocycles. The van der Waals surface area contributed by atoms with Crippen molar-refractivity contribution < 1.29 is 13.2 Å². The molecule has 1 aliphatic rings. The molecule has 170 valence electrons. The Balaban J connectivity index is 1.45. The molecule has 33 heavy (non-hydrogen) atoms. The van der Waals surface area contributed by atoms with Crippen LogP contribution in [-0.2, 0) is 16.4 Å². The molecular weight excluding hydrogens is 458 g/mol. The fourth-order valence-electron chi connectivity index (χ4n) is 4.66. The quantitative estimate of drug-likeness (QED) is 0.405. The first-order valence-corrected chi connectivity index (χ1v) is 13.3. The molecule has 1 aromatic carbocycles. The summed E-state index contributed by atoms with van der Waals surface area (Å²) in [5.41, 5.74) is 2.87. The minimum absolute atomic E-state index is 0.0962. The molecule has 5 rings (SSSR count). The Kier molecular flexibility index (Phi) is 5.33. The van der Waals surface area contributed by atoms with E-state index in [0.717, 1.165) is 21.8 Å². The van der Waals surface area contributed by atoms with Crippen molar-refractivity contribution in [2.24, 2.45) is 0 Å². The van der Waals surface area contributed by atoms with Gasteiger partial charge >= 0.3 is 0 Å². The molecule has 0 saturated carbocycles. The molecule has 1 saturated heterocycles. The van der Waals surface area contributed by atoms with Crippen molar-refractivity contribution >= 4 is 37.2 Å². The number of fused-ring (bicyclic) bond motifs is 1. The van der Waals surface area contributed by atoms with Crippen molar-refractivity contribution in [3.8, 4) is 10.4 Å². The molecule has 1 atom stereocenters. The van der Waals surface area contributed by atoms with E-state index in [2.05, 4.69) is 4.98 Å². The van der Waals surface area contributed by atoms with E-state index in [1.54, 1.807) is 6.07 Å². The number of hydrogen-bond donors (Lipinski definition) is 0. The van der Waals surface area contributed by atoms with Gasteiger partial charge in [-0.15, -0.1) is 11.3 Å². The molecule has 0 spiro atoms. The monoisotopic (exact) mass is 481 g/mol. The molecule has 0 unspecified atom stereocenters. The Morgan fingerprint density at radius 1 is 1.18 bits per heavy atom. The maximum Gasteiger partial charge on any atom is 0.262 e. The highest BCUT2D eigenvalue weighted by atomic mass is 32.2. The van der Waals surface area contributed by atoms with Crippen LogP contribution in [0.1, 0.15) is 34.2 Å². The molecule has 7 nitrogen and oxygen atoms in total. The number of nitrogens with zero attached hydrogens (tertiary/aromatic N) is 3. The number of sulfone groups is 1. The summed E-state index contributed by atoms with van der Waals surface area (Å²) in [4.78, 5) is 32.2. The van der Waals surface area contributed by atoms with Gasteiger partial charge in [0.05, 0.1) is 29.8 Å². The second-order valence-electron chi connectivity index (χ2n) is 8.51. The van der Waals surface area contributed by atoms with Crippen LogP contribution in [0.4, 0.5) is 0 Å². The normalized spacial score (nSPS) is 17.6. The van der Waals surface area contributed by atoms with Crippen LogP contribution >= 0.6 is 11.3 Å². The molecule has 0 radical (unpaired) electrons. The van der Waals surface area contributed by atoms with Crippen molar-refractivity contribution in [2.75, 3.05) is 11.5 Å². The predicted molar refractivity (Wildman–Crippen MR) is 130 cm³/mol. The Morgan fingerprint density at radius 2 is 1.94 bits per heavy atom. The molecule has 9 heteroatoms. The lowest BCUT2D eigenvalue weighted by molar-refractivity contribution is 0.0970. The van der Waals surface area contributed by atoms with E-state index in [4.69, 9.17) is 0 Å². The third kappa shape index (κ3) is 3.95. The van der Waals surface area contributed by atoms with Crippen LogP contribution in [0.15, 0.2) is 53.6 Å². The first kappa shape index (κ1) is 21.8. The predicted octanol–water partition coefficient (Wildman–Crippen LogP) is 3.79. The highest BCUT2D eigenvalue weighted by Crippen LogP contribution is 2.31. The first-order valence-electron chi connectivity index (χ1n) is 10.7. The smallest absolute Gasteiger partial charge is 0.262 e. The number of carbonyl (C=O) groups excluding carboxylic acids is 1. The zero-order valence-corrected chi connectivity index (χ0v) is 19.9. The van der Waals surface area contributed by atoms with Gasteiger partial charge < -0.3 is 4.57 Å². The van der Waals surface area contributed by atoms with E-state index in [9.17, 15) is 18.0 Å². The van der Waals surface area contributed by atoms with Crippen LogP contribution in [0.5, 0.6) is 0 Å². The number of aromatic nitrogens is 3. The minimum Gasteiger partial charge on any atom is -0.344 e. The molecular formula is C24H23N3O4S2. The third-order valence-corrected chi connectivity index (χ3v) is 9.09. The zero-order chi connectivity index (χ0) is 23.3. The highest BCUT2D eigenvalue weighted by Gasteiger charge is 2.31. The lowest BCUT2D eigenvalue weighted by Gasteiger charge is -2.16. The number of carbonyl (C=O) groups is 1. The van der Waals surface area contributed by atoms with Gasteiger partial charge in [0.25, 0.3) is 5.56 Å². The molecule has 0 aliphatic carbocycles. The van der Waals surface area contributed by atoms with Crippen molar-refractivity contribution in [1.82, 2.24) is 14.1 Å². The molecule has 3 aromatic heterocycles. The van der Waals surface area contributed by atoms with E-state index in [-0.39, 0.29) is 35.4 Å². The second kappa shape index (κ2) is 8.07.